The molecule has 0 radical (unpaired) electrons. The van der Waals surface area contributed by atoms with Gasteiger partial charge in [0.05, 0.1) is 17.8 Å². The second kappa shape index (κ2) is 9.38. The third-order valence-electron chi connectivity index (χ3n) is 4.16. The fourth-order valence-electron chi connectivity index (χ4n) is 2.41. The zero-order chi connectivity index (χ0) is 19.1. The molecular weight excluding hydrogens is 396 g/mol. The number of aryl methyl sites for hydroxylation is 1. The largest absolute Gasteiger partial charge is 0.496 e. The Bertz CT molecular complexity index is 819. The smallest absolute Gasteiger partial charge is 0.277 e. The van der Waals surface area contributed by atoms with Gasteiger partial charge in [-0.25, -0.2) is 5.43 Å². The van der Waals surface area contributed by atoms with Gasteiger partial charge in [-0.3, -0.25) is 4.79 Å². The van der Waals surface area contributed by atoms with E-state index in [0.717, 1.165) is 33.3 Å². The Morgan fingerprint density at radius 3 is 2.58 bits per heavy atom. The molecule has 2 aromatic carbocycles. The minimum Gasteiger partial charge on any atom is -0.496 e. The van der Waals surface area contributed by atoms with Crippen LogP contribution in [0, 0.1) is 13.8 Å². The van der Waals surface area contributed by atoms with Gasteiger partial charge in [0.15, 0.2) is 6.61 Å². The summed E-state index contributed by atoms with van der Waals surface area (Å²) in [5, 5.41) is 4.00. The van der Waals surface area contributed by atoms with E-state index in [2.05, 4.69) is 33.4 Å². The first-order chi connectivity index (χ1) is 12.5. The number of ether oxygens (including phenoxy) is 2. The van der Waals surface area contributed by atoms with Crippen LogP contribution >= 0.6 is 15.9 Å². The standard InChI is InChI=1S/C20H23BrN2O3/c1-5-15-6-8-19(17(21)10-15)26-12-20(24)23-22-11-16-7-9-18(25-4)14(3)13(16)2/h6-11H,5,12H2,1-4H3,(H,23,24)/b22-11+. The molecule has 1 amide bonds. The van der Waals surface area contributed by atoms with Gasteiger partial charge in [-0.15, -0.1) is 0 Å². The summed E-state index contributed by atoms with van der Waals surface area (Å²) in [5.74, 6) is 1.13. The molecule has 0 heterocycles. The van der Waals surface area contributed by atoms with Crippen molar-refractivity contribution in [2.45, 2.75) is 27.2 Å². The van der Waals surface area contributed by atoms with E-state index in [9.17, 15) is 4.79 Å². The quantitative estimate of drug-likeness (QED) is 0.542. The molecule has 0 unspecified atom stereocenters. The number of hydrogen-bond donors (Lipinski definition) is 1. The molecule has 2 rings (SSSR count). The Kier molecular flexibility index (Phi) is 7.21. The van der Waals surface area contributed by atoms with Gasteiger partial charge in [-0.05, 0) is 82.7 Å². The minimum absolute atomic E-state index is 0.109. The third kappa shape index (κ3) is 5.08. The van der Waals surface area contributed by atoms with Crippen molar-refractivity contribution in [1.82, 2.24) is 5.43 Å². The molecule has 0 aliphatic carbocycles. The van der Waals surface area contributed by atoms with Gasteiger partial charge in [0.2, 0.25) is 0 Å². The molecule has 1 N–H and O–H groups in total. The van der Waals surface area contributed by atoms with Gasteiger partial charge in [0.1, 0.15) is 11.5 Å². The van der Waals surface area contributed by atoms with Crippen LogP contribution in [0.4, 0.5) is 0 Å². The SMILES string of the molecule is CCc1ccc(OCC(=O)N/N=C/c2ccc(OC)c(C)c2C)c(Br)c1. The van der Waals surface area contributed by atoms with E-state index in [0.29, 0.717) is 5.75 Å². The molecular formula is C20H23BrN2O3. The Morgan fingerprint density at radius 1 is 1.19 bits per heavy atom. The zero-order valence-electron chi connectivity index (χ0n) is 15.4. The second-order valence-electron chi connectivity index (χ2n) is 5.81. The van der Waals surface area contributed by atoms with Crippen LogP contribution in [0.3, 0.4) is 0 Å². The number of halogens is 1. The fourth-order valence-corrected chi connectivity index (χ4v) is 2.95. The Balaban J connectivity index is 1.91. The van der Waals surface area contributed by atoms with E-state index in [1.807, 2.05) is 44.2 Å². The summed E-state index contributed by atoms with van der Waals surface area (Å²) >= 11 is 3.45. The lowest BCUT2D eigenvalue weighted by Gasteiger charge is -2.10. The summed E-state index contributed by atoms with van der Waals surface area (Å²) in [7, 11) is 1.64. The predicted octanol–water partition coefficient (Wildman–Crippen LogP) is 4.17. The van der Waals surface area contributed by atoms with Gasteiger partial charge in [0.25, 0.3) is 5.91 Å². The number of carbonyl (C=O) groups is 1. The van der Waals surface area contributed by atoms with Crippen molar-refractivity contribution in [3.63, 3.8) is 0 Å². The number of nitrogens with zero attached hydrogens (tertiary/aromatic N) is 1. The molecule has 0 fully saturated rings. The lowest BCUT2D eigenvalue weighted by atomic mass is 10.0. The number of hydrazone groups is 1. The molecule has 0 saturated carbocycles. The van der Waals surface area contributed by atoms with Crippen LogP contribution in [-0.4, -0.2) is 25.8 Å². The predicted molar refractivity (Wildman–Crippen MR) is 107 cm³/mol. The summed E-state index contributed by atoms with van der Waals surface area (Å²) in [5.41, 5.74) is 6.70. The molecule has 2 aromatic rings. The summed E-state index contributed by atoms with van der Waals surface area (Å²) in [6, 6.07) is 9.60. The van der Waals surface area contributed by atoms with Crippen molar-refractivity contribution in [3.8, 4) is 11.5 Å². The Labute approximate surface area is 162 Å². The number of hydrogen-bond acceptors (Lipinski definition) is 4. The zero-order valence-corrected chi connectivity index (χ0v) is 17.0. The highest BCUT2D eigenvalue weighted by Crippen LogP contribution is 2.26. The first-order valence-corrected chi connectivity index (χ1v) is 9.12. The number of amides is 1. The normalized spacial score (nSPS) is 10.8. The van der Waals surface area contributed by atoms with Crippen molar-refractivity contribution in [3.05, 3.63) is 57.1 Å². The van der Waals surface area contributed by atoms with Crippen LogP contribution in [0.15, 0.2) is 39.9 Å². The lowest BCUT2D eigenvalue weighted by Crippen LogP contribution is -2.24. The number of nitrogens with one attached hydrogen (secondary N) is 1. The molecule has 0 aliphatic rings. The molecule has 5 nitrogen and oxygen atoms in total. The van der Waals surface area contributed by atoms with Crippen molar-refractivity contribution in [1.29, 1.82) is 0 Å². The highest BCUT2D eigenvalue weighted by molar-refractivity contribution is 9.10. The average molecular weight is 419 g/mol. The maximum Gasteiger partial charge on any atom is 0.277 e. The first kappa shape index (κ1) is 20.0. The molecule has 0 aromatic heterocycles. The molecule has 26 heavy (non-hydrogen) atoms. The monoisotopic (exact) mass is 418 g/mol. The number of rotatable bonds is 7. The van der Waals surface area contributed by atoms with Gasteiger partial charge in [-0.2, -0.15) is 5.10 Å². The van der Waals surface area contributed by atoms with Crippen molar-refractivity contribution < 1.29 is 14.3 Å². The summed E-state index contributed by atoms with van der Waals surface area (Å²) in [6.07, 6.45) is 2.56. The summed E-state index contributed by atoms with van der Waals surface area (Å²) < 4.78 is 11.6. The second-order valence-corrected chi connectivity index (χ2v) is 6.66. The van der Waals surface area contributed by atoms with Crippen molar-refractivity contribution in [2.24, 2.45) is 5.10 Å². The lowest BCUT2D eigenvalue weighted by molar-refractivity contribution is -0.123. The number of benzene rings is 2. The number of methoxy groups -OCH3 is 1. The number of carbonyl (C=O) groups excluding carboxylic acids is 1. The van der Waals surface area contributed by atoms with Crippen LogP contribution in [0.2, 0.25) is 0 Å². The molecule has 0 aliphatic heterocycles. The van der Waals surface area contributed by atoms with Crippen LogP contribution in [0.1, 0.15) is 29.2 Å². The average Bonchev–Trinajstić information content (AvgIpc) is 2.64. The Morgan fingerprint density at radius 2 is 1.92 bits per heavy atom. The van der Waals surface area contributed by atoms with E-state index < -0.39 is 0 Å². The molecule has 0 bridgehead atoms. The van der Waals surface area contributed by atoms with E-state index in [-0.39, 0.29) is 12.5 Å². The summed E-state index contributed by atoms with van der Waals surface area (Å²) in [6.45, 7) is 5.95. The molecule has 0 spiro atoms. The van der Waals surface area contributed by atoms with Gasteiger partial charge in [0, 0.05) is 0 Å². The van der Waals surface area contributed by atoms with Crippen LogP contribution in [0.25, 0.3) is 0 Å². The van der Waals surface area contributed by atoms with Crippen LogP contribution in [-0.2, 0) is 11.2 Å². The van der Waals surface area contributed by atoms with Gasteiger partial charge in [-0.1, -0.05) is 13.0 Å². The Hall–Kier alpha value is -2.34. The van der Waals surface area contributed by atoms with E-state index >= 15 is 0 Å². The fraction of sp³-hybridized carbons (Fsp3) is 0.300. The van der Waals surface area contributed by atoms with Crippen molar-refractivity contribution in [2.75, 3.05) is 13.7 Å². The highest BCUT2D eigenvalue weighted by atomic mass is 79.9. The van der Waals surface area contributed by atoms with E-state index in [1.165, 1.54) is 5.56 Å². The van der Waals surface area contributed by atoms with Crippen molar-refractivity contribution >= 4 is 28.1 Å². The molecule has 0 atom stereocenters. The van der Waals surface area contributed by atoms with Gasteiger partial charge >= 0.3 is 0 Å². The summed E-state index contributed by atoms with van der Waals surface area (Å²) in [4.78, 5) is 11.9. The topological polar surface area (TPSA) is 59.9 Å². The van der Waals surface area contributed by atoms with E-state index in [1.54, 1.807) is 13.3 Å². The van der Waals surface area contributed by atoms with Crippen LogP contribution in [0.5, 0.6) is 11.5 Å². The maximum atomic E-state index is 11.9. The molecule has 0 saturated heterocycles. The first-order valence-electron chi connectivity index (χ1n) is 8.33. The minimum atomic E-state index is -0.324. The van der Waals surface area contributed by atoms with Gasteiger partial charge < -0.3 is 9.47 Å². The van der Waals surface area contributed by atoms with Crippen LogP contribution < -0.4 is 14.9 Å². The van der Waals surface area contributed by atoms with E-state index in [4.69, 9.17) is 9.47 Å². The molecule has 138 valence electrons. The maximum absolute atomic E-state index is 11.9. The third-order valence-corrected chi connectivity index (χ3v) is 4.78. The highest BCUT2D eigenvalue weighted by Gasteiger charge is 2.07. The molecule has 6 heteroatoms.